The van der Waals surface area contributed by atoms with E-state index < -0.39 is 0 Å². The normalized spacial score (nSPS) is 10.8. The van der Waals surface area contributed by atoms with Crippen LogP contribution in [0.5, 0.6) is 5.75 Å². The van der Waals surface area contributed by atoms with E-state index in [0.29, 0.717) is 22.9 Å². The highest BCUT2D eigenvalue weighted by Gasteiger charge is 2.12. The zero-order valence-electron chi connectivity index (χ0n) is 13.3. The molecule has 5 nitrogen and oxygen atoms in total. The topological polar surface area (TPSA) is 67.0 Å². The number of carbonyl (C=O) groups is 1. The molecule has 2 aromatic carbocycles. The van der Waals surface area contributed by atoms with Crippen molar-refractivity contribution in [1.29, 1.82) is 0 Å². The van der Waals surface area contributed by atoms with E-state index in [1.165, 1.54) is 7.11 Å². The zero-order chi connectivity index (χ0) is 16.9. The number of imidazole rings is 1. The van der Waals surface area contributed by atoms with Crippen molar-refractivity contribution < 1.29 is 9.53 Å². The summed E-state index contributed by atoms with van der Waals surface area (Å²) in [5.74, 6) is 1.24. The Bertz CT molecular complexity index is 827. The Morgan fingerprint density at radius 1 is 1.29 bits per heavy atom. The Hall–Kier alpha value is -2.53. The number of hydrogen-bond acceptors (Lipinski definition) is 3. The quantitative estimate of drug-likeness (QED) is 0.672. The van der Waals surface area contributed by atoms with Crippen molar-refractivity contribution in [1.82, 2.24) is 15.3 Å². The minimum atomic E-state index is -0.195. The van der Waals surface area contributed by atoms with E-state index >= 15 is 0 Å². The summed E-state index contributed by atoms with van der Waals surface area (Å²) in [4.78, 5) is 20.1. The van der Waals surface area contributed by atoms with Crippen LogP contribution in [0.2, 0.25) is 5.02 Å². The minimum Gasteiger partial charge on any atom is -0.496 e. The van der Waals surface area contributed by atoms with Gasteiger partial charge in [-0.05, 0) is 36.8 Å². The molecule has 1 amide bonds. The van der Waals surface area contributed by atoms with E-state index in [9.17, 15) is 4.79 Å². The maximum absolute atomic E-state index is 12.3. The highest BCUT2D eigenvalue weighted by atomic mass is 35.5. The van der Waals surface area contributed by atoms with Gasteiger partial charge >= 0.3 is 0 Å². The second-order valence-corrected chi connectivity index (χ2v) is 5.84. The number of aryl methyl sites for hydroxylation is 1. The van der Waals surface area contributed by atoms with Gasteiger partial charge in [0.1, 0.15) is 11.6 Å². The van der Waals surface area contributed by atoms with Gasteiger partial charge in [-0.15, -0.1) is 0 Å². The van der Waals surface area contributed by atoms with Gasteiger partial charge in [0.05, 0.1) is 23.7 Å². The molecule has 0 spiro atoms. The Morgan fingerprint density at radius 3 is 2.92 bits per heavy atom. The summed E-state index contributed by atoms with van der Waals surface area (Å²) in [7, 11) is 1.53. The lowest BCUT2D eigenvalue weighted by Gasteiger charge is -2.09. The molecule has 2 N–H and O–H groups in total. The number of H-pyrrole nitrogens is 1. The lowest BCUT2D eigenvalue weighted by atomic mass is 10.2. The van der Waals surface area contributed by atoms with Gasteiger partial charge in [0.15, 0.2) is 0 Å². The Labute approximate surface area is 145 Å². The summed E-state index contributed by atoms with van der Waals surface area (Å²) in [5.41, 5.74) is 2.43. The zero-order valence-corrected chi connectivity index (χ0v) is 14.1. The van der Waals surface area contributed by atoms with Crippen LogP contribution >= 0.6 is 11.6 Å². The van der Waals surface area contributed by atoms with Gasteiger partial charge < -0.3 is 15.0 Å². The van der Waals surface area contributed by atoms with Crippen LogP contribution in [0.3, 0.4) is 0 Å². The van der Waals surface area contributed by atoms with Gasteiger partial charge in [0.2, 0.25) is 0 Å². The van der Waals surface area contributed by atoms with Gasteiger partial charge in [-0.3, -0.25) is 4.79 Å². The number of fused-ring (bicyclic) bond motifs is 1. The largest absolute Gasteiger partial charge is 0.496 e. The Kier molecular flexibility index (Phi) is 5.01. The van der Waals surface area contributed by atoms with E-state index in [2.05, 4.69) is 15.3 Å². The second-order valence-electron chi connectivity index (χ2n) is 5.40. The Morgan fingerprint density at radius 2 is 2.12 bits per heavy atom. The van der Waals surface area contributed by atoms with Crippen molar-refractivity contribution in [2.75, 3.05) is 13.7 Å². The molecule has 3 aromatic rings. The number of nitrogens with one attached hydrogen (secondary N) is 2. The van der Waals surface area contributed by atoms with Crippen LogP contribution in [0.25, 0.3) is 11.0 Å². The third-order valence-corrected chi connectivity index (χ3v) is 3.96. The minimum absolute atomic E-state index is 0.195. The average Bonchev–Trinajstić information content (AvgIpc) is 3.01. The SMILES string of the molecule is COc1ccc(Cl)cc1C(=O)NCCCc1nc2ccccc2[nH]1. The molecule has 0 bridgehead atoms. The predicted octanol–water partition coefficient (Wildman–Crippen LogP) is 3.59. The monoisotopic (exact) mass is 343 g/mol. The first-order chi connectivity index (χ1) is 11.7. The maximum Gasteiger partial charge on any atom is 0.255 e. The number of aromatic nitrogens is 2. The highest BCUT2D eigenvalue weighted by Crippen LogP contribution is 2.22. The van der Waals surface area contributed by atoms with E-state index in [1.54, 1.807) is 18.2 Å². The summed E-state index contributed by atoms with van der Waals surface area (Å²) in [5, 5.41) is 3.39. The molecule has 0 unspecified atom stereocenters. The number of para-hydroxylation sites is 2. The highest BCUT2D eigenvalue weighted by molar-refractivity contribution is 6.31. The number of aromatic amines is 1. The lowest BCUT2D eigenvalue weighted by Crippen LogP contribution is -2.25. The van der Waals surface area contributed by atoms with Crippen LogP contribution in [0, 0.1) is 0 Å². The number of carbonyl (C=O) groups excluding carboxylic acids is 1. The summed E-state index contributed by atoms with van der Waals surface area (Å²) in [6.45, 7) is 0.547. The van der Waals surface area contributed by atoms with Gasteiger partial charge in [-0.2, -0.15) is 0 Å². The Balaban J connectivity index is 1.54. The number of methoxy groups -OCH3 is 1. The van der Waals surface area contributed by atoms with Crippen LogP contribution in [0.1, 0.15) is 22.6 Å². The first kappa shape index (κ1) is 16.3. The molecule has 6 heteroatoms. The van der Waals surface area contributed by atoms with Crippen molar-refractivity contribution in [3.8, 4) is 5.75 Å². The smallest absolute Gasteiger partial charge is 0.255 e. The summed E-state index contributed by atoms with van der Waals surface area (Å²) in [6.07, 6.45) is 1.55. The fraction of sp³-hybridized carbons (Fsp3) is 0.222. The summed E-state index contributed by atoms with van der Waals surface area (Å²) >= 11 is 5.95. The third kappa shape index (κ3) is 3.68. The molecule has 24 heavy (non-hydrogen) atoms. The predicted molar refractivity (Wildman–Crippen MR) is 94.8 cm³/mol. The van der Waals surface area contributed by atoms with Crippen LogP contribution in [0.15, 0.2) is 42.5 Å². The van der Waals surface area contributed by atoms with Crippen molar-refractivity contribution in [2.24, 2.45) is 0 Å². The van der Waals surface area contributed by atoms with E-state index in [0.717, 1.165) is 29.7 Å². The lowest BCUT2D eigenvalue weighted by molar-refractivity contribution is 0.0950. The van der Waals surface area contributed by atoms with E-state index in [1.807, 2.05) is 24.3 Å². The molecule has 3 rings (SSSR count). The molecule has 0 radical (unpaired) electrons. The first-order valence-corrected chi connectivity index (χ1v) is 8.10. The van der Waals surface area contributed by atoms with Crippen molar-refractivity contribution in [3.63, 3.8) is 0 Å². The standard InChI is InChI=1S/C18H18ClN3O2/c1-24-16-9-8-12(19)11-13(16)18(23)20-10-4-7-17-21-14-5-2-3-6-15(14)22-17/h2-3,5-6,8-9,11H,4,7,10H2,1H3,(H,20,23)(H,21,22). The molecule has 0 saturated carbocycles. The molecular formula is C18H18ClN3O2. The molecule has 0 saturated heterocycles. The van der Waals surface area contributed by atoms with Crippen LogP contribution in [-0.2, 0) is 6.42 Å². The molecule has 0 aliphatic rings. The molecule has 0 atom stereocenters. The maximum atomic E-state index is 12.3. The van der Waals surface area contributed by atoms with Crippen LogP contribution < -0.4 is 10.1 Å². The molecule has 0 aliphatic heterocycles. The van der Waals surface area contributed by atoms with Crippen LogP contribution in [-0.4, -0.2) is 29.5 Å². The fourth-order valence-electron chi connectivity index (χ4n) is 2.53. The molecule has 1 aromatic heterocycles. The average molecular weight is 344 g/mol. The van der Waals surface area contributed by atoms with Gasteiger partial charge in [0, 0.05) is 18.0 Å². The van der Waals surface area contributed by atoms with Gasteiger partial charge in [0.25, 0.3) is 5.91 Å². The number of halogens is 1. The van der Waals surface area contributed by atoms with Crippen molar-refractivity contribution >= 4 is 28.5 Å². The molecule has 0 fully saturated rings. The van der Waals surface area contributed by atoms with Crippen LogP contribution in [0.4, 0.5) is 0 Å². The van der Waals surface area contributed by atoms with Crippen molar-refractivity contribution in [3.05, 3.63) is 58.9 Å². The molecule has 124 valence electrons. The number of hydrogen-bond donors (Lipinski definition) is 2. The number of amides is 1. The third-order valence-electron chi connectivity index (χ3n) is 3.72. The molecule has 1 heterocycles. The molecular weight excluding hydrogens is 326 g/mol. The van der Waals surface area contributed by atoms with Crippen molar-refractivity contribution in [2.45, 2.75) is 12.8 Å². The van der Waals surface area contributed by atoms with E-state index in [-0.39, 0.29) is 5.91 Å². The number of ether oxygens (including phenoxy) is 1. The fourth-order valence-corrected chi connectivity index (χ4v) is 2.71. The summed E-state index contributed by atoms with van der Waals surface area (Å²) in [6, 6.07) is 12.9. The first-order valence-electron chi connectivity index (χ1n) is 7.73. The van der Waals surface area contributed by atoms with Gasteiger partial charge in [-0.25, -0.2) is 4.98 Å². The second kappa shape index (κ2) is 7.36. The summed E-state index contributed by atoms with van der Waals surface area (Å²) < 4.78 is 5.20. The van der Waals surface area contributed by atoms with Gasteiger partial charge in [-0.1, -0.05) is 23.7 Å². The van der Waals surface area contributed by atoms with E-state index in [4.69, 9.17) is 16.3 Å². The number of nitrogens with zero attached hydrogens (tertiary/aromatic N) is 1. The molecule has 0 aliphatic carbocycles. The number of rotatable bonds is 6. The number of benzene rings is 2.